The molecule has 1 aromatic rings. The van der Waals surface area contributed by atoms with E-state index in [0.717, 1.165) is 24.6 Å². The van der Waals surface area contributed by atoms with E-state index in [-0.39, 0.29) is 5.56 Å². The summed E-state index contributed by atoms with van der Waals surface area (Å²) in [5.74, 6) is 1.09. The number of aromatic carboxylic acids is 1. The van der Waals surface area contributed by atoms with E-state index >= 15 is 0 Å². The molecule has 2 unspecified atom stereocenters. The van der Waals surface area contributed by atoms with Crippen LogP contribution in [0, 0.1) is 19.8 Å². The number of carbonyl (C=O) groups is 1. The number of hydrogen-bond donors (Lipinski definition) is 1. The predicted octanol–water partition coefficient (Wildman–Crippen LogP) is 3.09. The van der Waals surface area contributed by atoms with Crippen LogP contribution in [0.3, 0.4) is 0 Å². The van der Waals surface area contributed by atoms with Crippen molar-refractivity contribution in [2.45, 2.75) is 52.4 Å². The summed E-state index contributed by atoms with van der Waals surface area (Å²) in [5.41, 5.74) is 1.43. The van der Waals surface area contributed by atoms with Gasteiger partial charge in [-0.2, -0.15) is 0 Å². The molecular formula is C14H20N2O2. The summed E-state index contributed by atoms with van der Waals surface area (Å²) in [7, 11) is 0. The molecule has 18 heavy (non-hydrogen) atoms. The van der Waals surface area contributed by atoms with Crippen LogP contribution in [-0.2, 0) is 0 Å². The van der Waals surface area contributed by atoms with Gasteiger partial charge in [-0.3, -0.25) is 0 Å². The van der Waals surface area contributed by atoms with E-state index in [1.807, 2.05) is 0 Å². The highest BCUT2D eigenvalue weighted by atomic mass is 16.4. The lowest BCUT2D eigenvalue weighted by atomic mass is 10.0. The second-order valence-corrected chi connectivity index (χ2v) is 5.22. The van der Waals surface area contributed by atoms with Crippen LogP contribution in [0.4, 0.5) is 0 Å². The summed E-state index contributed by atoms with van der Waals surface area (Å²) in [6.45, 7) is 5.74. The zero-order chi connectivity index (χ0) is 13.3. The van der Waals surface area contributed by atoms with E-state index in [2.05, 4.69) is 16.9 Å². The second kappa shape index (κ2) is 5.04. The largest absolute Gasteiger partial charge is 0.478 e. The molecule has 0 spiro atoms. The van der Waals surface area contributed by atoms with Crippen molar-refractivity contribution in [3.8, 4) is 0 Å². The maximum absolute atomic E-state index is 11.1. The van der Waals surface area contributed by atoms with Gasteiger partial charge in [0.15, 0.2) is 0 Å². The molecule has 0 bridgehead atoms. The first-order valence-electron chi connectivity index (χ1n) is 6.61. The Kier molecular flexibility index (Phi) is 3.64. The van der Waals surface area contributed by atoms with Crippen molar-refractivity contribution in [2.24, 2.45) is 5.92 Å². The quantitative estimate of drug-likeness (QED) is 0.892. The van der Waals surface area contributed by atoms with Crippen LogP contribution in [0.1, 0.15) is 66.1 Å². The third kappa shape index (κ3) is 2.37. The maximum Gasteiger partial charge on any atom is 0.339 e. The minimum Gasteiger partial charge on any atom is -0.478 e. The molecule has 1 aliphatic carbocycles. The summed E-state index contributed by atoms with van der Waals surface area (Å²) >= 11 is 0. The molecule has 1 N–H and O–H groups in total. The van der Waals surface area contributed by atoms with Gasteiger partial charge in [0, 0.05) is 5.92 Å². The summed E-state index contributed by atoms with van der Waals surface area (Å²) < 4.78 is 0. The van der Waals surface area contributed by atoms with Crippen LogP contribution in [-0.4, -0.2) is 21.0 Å². The van der Waals surface area contributed by atoms with Gasteiger partial charge < -0.3 is 5.11 Å². The average molecular weight is 248 g/mol. The van der Waals surface area contributed by atoms with Crippen LogP contribution < -0.4 is 0 Å². The fourth-order valence-corrected chi connectivity index (χ4v) is 2.91. The summed E-state index contributed by atoms with van der Waals surface area (Å²) in [4.78, 5) is 19.9. The molecule has 4 nitrogen and oxygen atoms in total. The van der Waals surface area contributed by atoms with E-state index in [1.54, 1.807) is 13.8 Å². The zero-order valence-corrected chi connectivity index (χ0v) is 11.2. The Hall–Kier alpha value is -1.45. The molecule has 0 saturated heterocycles. The van der Waals surface area contributed by atoms with Crippen LogP contribution in [0.5, 0.6) is 0 Å². The third-order valence-corrected chi connectivity index (χ3v) is 3.99. The molecular weight excluding hydrogens is 228 g/mol. The number of aromatic nitrogens is 2. The smallest absolute Gasteiger partial charge is 0.339 e. The molecule has 98 valence electrons. The van der Waals surface area contributed by atoms with Crippen LogP contribution in [0.2, 0.25) is 0 Å². The number of rotatable bonds is 3. The lowest BCUT2D eigenvalue weighted by Gasteiger charge is -2.12. The Labute approximate surface area is 107 Å². The van der Waals surface area contributed by atoms with Crippen molar-refractivity contribution in [1.82, 2.24) is 9.97 Å². The summed E-state index contributed by atoms with van der Waals surface area (Å²) in [6.07, 6.45) is 4.72. The van der Waals surface area contributed by atoms with Gasteiger partial charge in [0.05, 0.1) is 11.4 Å². The second-order valence-electron chi connectivity index (χ2n) is 5.22. The van der Waals surface area contributed by atoms with Crippen LogP contribution in [0.15, 0.2) is 0 Å². The zero-order valence-electron chi connectivity index (χ0n) is 11.2. The first-order chi connectivity index (χ1) is 8.52. The summed E-state index contributed by atoms with van der Waals surface area (Å²) in [5, 5.41) is 9.10. The van der Waals surface area contributed by atoms with Gasteiger partial charge in [0.25, 0.3) is 0 Å². The molecule has 1 aromatic heterocycles. The van der Waals surface area contributed by atoms with Gasteiger partial charge >= 0.3 is 5.97 Å². The number of hydrogen-bond acceptors (Lipinski definition) is 3. The molecule has 0 aromatic carbocycles. The van der Waals surface area contributed by atoms with Crippen LogP contribution in [0.25, 0.3) is 0 Å². The predicted molar refractivity (Wildman–Crippen MR) is 68.8 cm³/mol. The van der Waals surface area contributed by atoms with Crippen molar-refractivity contribution in [3.05, 3.63) is 22.8 Å². The number of nitrogens with zero attached hydrogens (tertiary/aromatic N) is 2. The maximum atomic E-state index is 11.1. The van der Waals surface area contributed by atoms with E-state index < -0.39 is 5.97 Å². The van der Waals surface area contributed by atoms with E-state index in [9.17, 15) is 4.79 Å². The molecule has 0 radical (unpaired) electrons. The first-order valence-corrected chi connectivity index (χ1v) is 6.61. The highest BCUT2D eigenvalue weighted by molar-refractivity contribution is 5.89. The fraction of sp³-hybridized carbons (Fsp3) is 0.643. The average Bonchev–Trinajstić information content (AvgIpc) is 2.75. The van der Waals surface area contributed by atoms with Crippen molar-refractivity contribution in [2.75, 3.05) is 0 Å². The molecule has 1 aliphatic rings. The van der Waals surface area contributed by atoms with Crippen molar-refractivity contribution < 1.29 is 9.90 Å². The van der Waals surface area contributed by atoms with Gasteiger partial charge in [-0.05, 0) is 39.0 Å². The Morgan fingerprint density at radius 2 is 1.89 bits per heavy atom. The minimum absolute atomic E-state index is 0.254. The monoisotopic (exact) mass is 248 g/mol. The van der Waals surface area contributed by atoms with Crippen molar-refractivity contribution in [1.29, 1.82) is 0 Å². The van der Waals surface area contributed by atoms with Gasteiger partial charge in [-0.25, -0.2) is 14.8 Å². The normalized spacial score (nSPS) is 23.3. The topological polar surface area (TPSA) is 63.1 Å². The van der Waals surface area contributed by atoms with Gasteiger partial charge in [-0.1, -0.05) is 13.3 Å². The third-order valence-electron chi connectivity index (χ3n) is 3.99. The van der Waals surface area contributed by atoms with Crippen molar-refractivity contribution >= 4 is 5.97 Å². The number of aryl methyl sites for hydroxylation is 2. The fourth-order valence-electron chi connectivity index (χ4n) is 2.91. The van der Waals surface area contributed by atoms with Gasteiger partial charge in [-0.15, -0.1) is 0 Å². The molecule has 2 rings (SSSR count). The lowest BCUT2D eigenvalue weighted by molar-refractivity contribution is 0.0694. The van der Waals surface area contributed by atoms with Gasteiger partial charge in [0.1, 0.15) is 11.4 Å². The minimum atomic E-state index is -0.936. The molecule has 0 amide bonds. The Balaban J connectivity index is 2.29. The number of carboxylic acid groups (broad SMARTS) is 1. The standard InChI is InChI=1S/C14H20N2O2/c1-4-10-5-6-11(7-10)13-15-8(2)12(14(17)18)9(3)16-13/h10-11H,4-7H2,1-3H3,(H,17,18). The Morgan fingerprint density at radius 3 is 2.33 bits per heavy atom. The van der Waals surface area contributed by atoms with Gasteiger partial charge in [0.2, 0.25) is 0 Å². The first kappa shape index (κ1) is 13.0. The van der Waals surface area contributed by atoms with E-state index in [0.29, 0.717) is 17.3 Å². The lowest BCUT2D eigenvalue weighted by Crippen LogP contribution is -2.12. The Morgan fingerprint density at radius 1 is 1.28 bits per heavy atom. The molecule has 0 aliphatic heterocycles. The molecule has 1 heterocycles. The van der Waals surface area contributed by atoms with E-state index in [1.165, 1.54) is 12.8 Å². The number of carboxylic acids is 1. The van der Waals surface area contributed by atoms with Crippen LogP contribution >= 0.6 is 0 Å². The molecule has 4 heteroatoms. The molecule has 2 atom stereocenters. The molecule has 1 fully saturated rings. The molecule has 1 saturated carbocycles. The van der Waals surface area contributed by atoms with Crippen molar-refractivity contribution in [3.63, 3.8) is 0 Å². The SMILES string of the molecule is CCC1CCC(c2nc(C)c(C(=O)O)c(C)n2)C1. The highest BCUT2D eigenvalue weighted by Gasteiger charge is 2.28. The summed E-state index contributed by atoms with van der Waals surface area (Å²) in [6, 6.07) is 0. The highest BCUT2D eigenvalue weighted by Crippen LogP contribution is 2.38. The van der Waals surface area contributed by atoms with E-state index in [4.69, 9.17) is 5.11 Å². The Bertz CT molecular complexity index is 448.